The second kappa shape index (κ2) is 5.46. The van der Waals surface area contributed by atoms with Gasteiger partial charge in [-0.1, -0.05) is 13.0 Å². The highest BCUT2D eigenvalue weighted by molar-refractivity contribution is 5.72. The van der Waals surface area contributed by atoms with Crippen molar-refractivity contribution in [2.75, 3.05) is 31.6 Å². The van der Waals surface area contributed by atoms with Crippen LogP contribution in [-0.4, -0.2) is 20.8 Å². The minimum Gasteiger partial charge on any atom is -0.491 e. The Morgan fingerprint density at radius 2 is 2.13 bits per heavy atom. The lowest BCUT2D eigenvalue weighted by atomic mass is 10.2. The Morgan fingerprint density at radius 3 is 2.73 bits per heavy atom. The summed E-state index contributed by atoms with van der Waals surface area (Å²) in [7, 11) is 3.40. The van der Waals surface area contributed by atoms with E-state index in [1.54, 1.807) is 19.2 Å². The summed E-state index contributed by atoms with van der Waals surface area (Å²) in [6.07, 6.45) is 0.962. The summed E-state index contributed by atoms with van der Waals surface area (Å²) in [6, 6.07) is 5.64. The zero-order valence-corrected chi connectivity index (χ0v) is 9.49. The third kappa shape index (κ3) is 2.76. The van der Waals surface area contributed by atoms with E-state index < -0.39 is 0 Å². The van der Waals surface area contributed by atoms with E-state index in [-0.39, 0.29) is 0 Å². The van der Waals surface area contributed by atoms with Gasteiger partial charge in [-0.05, 0) is 18.6 Å². The Balaban J connectivity index is 2.90. The highest BCUT2D eigenvalue weighted by Gasteiger charge is 2.09. The number of nitrogens with two attached hydrogens (primary N) is 1. The first kappa shape index (κ1) is 11.7. The van der Waals surface area contributed by atoms with Gasteiger partial charge in [0.05, 0.1) is 19.4 Å². The van der Waals surface area contributed by atoms with Gasteiger partial charge in [-0.25, -0.2) is 0 Å². The largest absolute Gasteiger partial charge is 0.491 e. The Labute approximate surface area is 90.5 Å². The smallest absolute Gasteiger partial charge is 0.144 e. The van der Waals surface area contributed by atoms with Gasteiger partial charge in [-0.2, -0.15) is 0 Å². The molecule has 0 saturated heterocycles. The van der Waals surface area contributed by atoms with Gasteiger partial charge in [-0.15, -0.1) is 0 Å². The fourth-order valence-corrected chi connectivity index (χ4v) is 1.24. The molecule has 0 aliphatic heterocycles. The van der Waals surface area contributed by atoms with Crippen LogP contribution in [0.1, 0.15) is 13.3 Å². The van der Waals surface area contributed by atoms with Gasteiger partial charge in [0.25, 0.3) is 0 Å². The number of hydroxylamine groups is 1. The Hall–Kier alpha value is -1.42. The van der Waals surface area contributed by atoms with Crippen molar-refractivity contribution in [1.82, 2.24) is 0 Å². The van der Waals surface area contributed by atoms with Crippen molar-refractivity contribution in [2.24, 2.45) is 0 Å². The first-order valence-corrected chi connectivity index (χ1v) is 4.99. The Morgan fingerprint density at radius 1 is 1.40 bits per heavy atom. The lowest BCUT2D eigenvalue weighted by Crippen LogP contribution is -2.16. The van der Waals surface area contributed by atoms with Gasteiger partial charge in [0.2, 0.25) is 0 Å². The molecule has 0 aliphatic carbocycles. The number of hydrogen-bond donors (Lipinski definition) is 1. The van der Waals surface area contributed by atoms with E-state index >= 15 is 0 Å². The van der Waals surface area contributed by atoms with Crippen LogP contribution in [0.25, 0.3) is 0 Å². The monoisotopic (exact) mass is 210 g/mol. The molecule has 2 N–H and O–H groups in total. The summed E-state index contributed by atoms with van der Waals surface area (Å²) in [6.45, 7) is 2.73. The normalized spacial score (nSPS) is 10.1. The SMILES string of the molecule is CCCOc1cccc(N(C)OC)c1N. The van der Waals surface area contributed by atoms with Crippen LogP contribution in [0, 0.1) is 0 Å². The molecule has 4 nitrogen and oxygen atoms in total. The number of para-hydroxylation sites is 1. The standard InChI is InChI=1S/C11H18N2O2/c1-4-8-15-10-7-5-6-9(11(10)12)13(2)14-3/h5-7H,4,8,12H2,1-3H3. The van der Waals surface area contributed by atoms with E-state index in [2.05, 4.69) is 6.92 Å². The van der Waals surface area contributed by atoms with Crippen LogP contribution in [0.3, 0.4) is 0 Å². The zero-order valence-electron chi connectivity index (χ0n) is 9.49. The topological polar surface area (TPSA) is 47.7 Å². The molecule has 0 heterocycles. The highest BCUT2D eigenvalue weighted by Crippen LogP contribution is 2.31. The lowest BCUT2D eigenvalue weighted by Gasteiger charge is -2.19. The van der Waals surface area contributed by atoms with E-state index in [0.29, 0.717) is 18.0 Å². The van der Waals surface area contributed by atoms with Crippen LogP contribution >= 0.6 is 0 Å². The maximum Gasteiger partial charge on any atom is 0.144 e. The minimum atomic E-state index is 0.607. The molecule has 0 fully saturated rings. The van der Waals surface area contributed by atoms with Gasteiger partial charge < -0.3 is 10.5 Å². The number of ether oxygens (including phenoxy) is 1. The van der Waals surface area contributed by atoms with Gasteiger partial charge in [0.15, 0.2) is 0 Å². The van der Waals surface area contributed by atoms with Crippen LogP contribution < -0.4 is 15.5 Å². The molecule has 1 aromatic carbocycles. The summed E-state index contributed by atoms with van der Waals surface area (Å²) >= 11 is 0. The first-order chi connectivity index (χ1) is 7.20. The van der Waals surface area contributed by atoms with Gasteiger partial charge in [0, 0.05) is 7.05 Å². The summed E-state index contributed by atoms with van der Waals surface area (Å²) in [5, 5.41) is 1.61. The average Bonchev–Trinajstić information content (AvgIpc) is 2.27. The van der Waals surface area contributed by atoms with Crippen LogP contribution in [-0.2, 0) is 4.84 Å². The van der Waals surface area contributed by atoms with Crippen molar-refractivity contribution in [2.45, 2.75) is 13.3 Å². The second-order valence-electron chi connectivity index (χ2n) is 3.22. The number of hydrogen-bond acceptors (Lipinski definition) is 4. The molecule has 0 bridgehead atoms. The molecule has 4 heteroatoms. The molecular formula is C11H18N2O2. The average molecular weight is 210 g/mol. The maximum absolute atomic E-state index is 5.95. The molecule has 0 unspecified atom stereocenters. The third-order valence-corrected chi connectivity index (χ3v) is 2.12. The lowest BCUT2D eigenvalue weighted by molar-refractivity contribution is 0.185. The molecule has 84 valence electrons. The predicted octanol–water partition coefficient (Wildman–Crippen LogP) is 2.06. The van der Waals surface area contributed by atoms with E-state index in [1.165, 1.54) is 0 Å². The van der Waals surface area contributed by atoms with Gasteiger partial charge in [0.1, 0.15) is 11.4 Å². The van der Waals surface area contributed by atoms with E-state index in [1.807, 2.05) is 18.2 Å². The molecule has 0 aromatic heterocycles. The van der Waals surface area contributed by atoms with Crippen molar-refractivity contribution in [1.29, 1.82) is 0 Å². The molecular weight excluding hydrogens is 192 g/mol. The fraction of sp³-hybridized carbons (Fsp3) is 0.455. The zero-order chi connectivity index (χ0) is 11.3. The van der Waals surface area contributed by atoms with Crippen LogP contribution in [0.4, 0.5) is 11.4 Å². The molecule has 0 radical (unpaired) electrons. The van der Waals surface area contributed by atoms with E-state index in [0.717, 1.165) is 12.1 Å². The molecule has 0 saturated carbocycles. The molecule has 15 heavy (non-hydrogen) atoms. The number of nitrogens with zero attached hydrogens (tertiary/aromatic N) is 1. The summed E-state index contributed by atoms with van der Waals surface area (Å²) in [4.78, 5) is 5.07. The Kier molecular flexibility index (Phi) is 4.24. The van der Waals surface area contributed by atoms with Crippen molar-refractivity contribution in [3.05, 3.63) is 18.2 Å². The third-order valence-electron chi connectivity index (χ3n) is 2.12. The maximum atomic E-state index is 5.95. The van der Waals surface area contributed by atoms with E-state index in [9.17, 15) is 0 Å². The van der Waals surface area contributed by atoms with Crippen molar-refractivity contribution in [3.63, 3.8) is 0 Å². The van der Waals surface area contributed by atoms with Crippen LogP contribution in [0.5, 0.6) is 5.75 Å². The second-order valence-corrected chi connectivity index (χ2v) is 3.22. The number of nitrogen functional groups attached to an aromatic ring is 1. The van der Waals surface area contributed by atoms with Crippen molar-refractivity contribution in [3.8, 4) is 5.75 Å². The highest BCUT2D eigenvalue weighted by atomic mass is 16.7. The van der Waals surface area contributed by atoms with Crippen LogP contribution in [0.15, 0.2) is 18.2 Å². The quantitative estimate of drug-likeness (QED) is 0.597. The predicted molar refractivity (Wildman–Crippen MR) is 62.1 cm³/mol. The Bertz CT molecular complexity index is 315. The molecule has 0 amide bonds. The fourth-order valence-electron chi connectivity index (χ4n) is 1.24. The minimum absolute atomic E-state index is 0.607. The molecule has 1 aromatic rings. The summed E-state index contributed by atoms with van der Waals surface area (Å²) in [5.41, 5.74) is 7.37. The number of benzene rings is 1. The molecule has 1 rings (SSSR count). The molecule has 0 spiro atoms. The molecule has 0 aliphatic rings. The van der Waals surface area contributed by atoms with Crippen LogP contribution in [0.2, 0.25) is 0 Å². The van der Waals surface area contributed by atoms with Crippen molar-refractivity contribution >= 4 is 11.4 Å². The first-order valence-electron chi connectivity index (χ1n) is 4.99. The summed E-state index contributed by atoms with van der Waals surface area (Å²) < 4.78 is 5.51. The van der Waals surface area contributed by atoms with Gasteiger partial charge in [-0.3, -0.25) is 9.90 Å². The number of anilines is 2. The summed E-state index contributed by atoms with van der Waals surface area (Å²) in [5.74, 6) is 0.707. The van der Waals surface area contributed by atoms with E-state index in [4.69, 9.17) is 15.3 Å². The number of rotatable bonds is 5. The molecule has 0 atom stereocenters. The van der Waals surface area contributed by atoms with Gasteiger partial charge >= 0.3 is 0 Å². The van der Waals surface area contributed by atoms with Crippen molar-refractivity contribution < 1.29 is 9.57 Å².